The van der Waals surface area contributed by atoms with Crippen molar-refractivity contribution >= 4 is 8.45 Å². The molecule has 0 bridgehead atoms. The maximum absolute atomic E-state index is 13.5. The van der Waals surface area contributed by atoms with E-state index in [9.17, 15) is 26.3 Å². The number of hydrogen-bond donors (Lipinski definition) is 0. The van der Waals surface area contributed by atoms with Crippen LogP contribution in [-0.4, -0.2) is 23.4 Å². The Morgan fingerprint density at radius 1 is 0.694 bits per heavy atom. The summed E-state index contributed by atoms with van der Waals surface area (Å²) in [5.41, 5.74) is -0.00710. The molecule has 0 spiro atoms. The Bertz CT molecular complexity index is 1120. The third-order valence-electron chi connectivity index (χ3n) is 6.28. The van der Waals surface area contributed by atoms with E-state index in [4.69, 9.17) is 4.52 Å². The molecule has 3 atom stereocenters. The Balaban J connectivity index is 1.77. The zero-order valence-corrected chi connectivity index (χ0v) is 20.6. The molecular weight excluding hydrogens is 501 g/mol. The molecule has 3 aromatic carbocycles. The number of nitrogens with zero attached hydrogens (tertiary/aromatic N) is 2. The standard InChI is InChI=1S/C26H25F6N2OP/c1-17(18-9-5-4-6-10-18)35-36-33(2)23(19-11-7-13-21(15-19)25(27,28)29)24(34(36)3)20-12-8-14-22(16-20)26(30,31)32/h4-17,23-24H,1-3H3/t17?,23-,24-/m0/s1. The predicted octanol–water partition coefficient (Wildman–Crippen LogP) is 8.39. The topological polar surface area (TPSA) is 15.7 Å². The van der Waals surface area contributed by atoms with Gasteiger partial charge in [0.25, 0.3) is 0 Å². The Morgan fingerprint density at radius 3 is 1.56 bits per heavy atom. The van der Waals surface area contributed by atoms with Crippen LogP contribution in [0.3, 0.4) is 0 Å². The number of rotatable bonds is 5. The summed E-state index contributed by atoms with van der Waals surface area (Å²) in [6, 6.07) is 18.0. The maximum Gasteiger partial charge on any atom is 0.416 e. The fourth-order valence-electron chi connectivity index (χ4n) is 4.51. The van der Waals surface area contributed by atoms with E-state index in [1.54, 1.807) is 26.2 Å². The van der Waals surface area contributed by atoms with Crippen LogP contribution in [0.5, 0.6) is 0 Å². The van der Waals surface area contributed by atoms with Gasteiger partial charge in [-0.1, -0.05) is 54.6 Å². The lowest BCUT2D eigenvalue weighted by molar-refractivity contribution is -0.138. The molecular formula is C26H25F6N2OP. The summed E-state index contributed by atoms with van der Waals surface area (Å²) in [5, 5.41) is 0. The molecule has 1 aliphatic rings. The lowest BCUT2D eigenvalue weighted by Crippen LogP contribution is -2.22. The second-order valence-electron chi connectivity index (χ2n) is 8.69. The third-order valence-corrected chi connectivity index (χ3v) is 8.36. The first-order valence-electron chi connectivity index (χ1n) is 11.2. The Morgan fingerprint density at radius 2 is 1.14 bits per heavy atom. The van der Waals surface area contributed by atoms with Gasteiger partial charge in [-0.2, -0.15) is 26.3 Å². The largest absolute Gasteiger partial charge is 0.416 e. The van der Waals surface area contributed by atoms with Crippen molar-refractivity contribution in [3.05, 3.63) is 107 Å². The molecule has 0 aromatic heterocycles. The van der Waals surface area contributed by atoms with Gasteiger partial charge in [-0.05, 0) is 62.0 Å². The lowest BCUT2D eigenvalue weighted by atomic mass is 9.91. The summed E-state index contributed by atoms with van der Waals surface area (Å²) in [5.74, 6) is 0. The average molecular weight is 526 g/mol. The van der Waals surface area contributed by atoms with Crippen molar-refractivity contribution in [2.75, 3.05) is 14.1 Å². The molecule has 0 aliphatic carbocycles. The van der Waals surface area contributed by atoms with Crippen molar-refractivity contribution < 1.29 is 30.9 Å². The summed E-state index contributed by atoms with van der Waals surface area (Å²) in [6.07, 6.45) is -9.44. The molecule has 36 heavy (non-hydrogen) atoms. The molecule has 10 heteroatoms. The molecule has 1 aliphatic heterocycles. The molecule has 1 unspecified atom stereocenters. The molecule has 0 radical (unpaired) electrons. The summed E-state index contributed by atoms with van der Waals surface area (Å²) in [7, 11) is 1.94. The lowest BCUT2D eigenvalue weighted by Gasteiger charge is -2.28. The van der Waals surface area contributed by atoms with Gasteiger partial charge in [-0.15, -0.1) is 0 Å². The van der Waals surface area contributed by atoms with Gasteiger partial charge in [0.2, 0.25) is 0 Å². The number of halogens is 6. The van der Waals surface area contributed by atoms with Crippen LogP contribution in [0.1, 0.15) is 52.9 Å². The van der Waals surface area contributed by atoms with Crippen LogP contribution in [0.2, 0.25) is 0 Å². The van der Waals surface area contributed by atoms with E-state index in [0.717, 1.165) is 29.8 Å². The number of likely N-dealkylation sites (N-methyl/N-ethyl adjacent to an activating group) is 2. The van der Waals surface area contributed by atoms with Crippen molar-refractivity contribution in [3.63, 3.8) is 0 Å². The third kappa shape index (κ3) is 5.44. The quantitative estimate of drug-likeness (QED) is 0.245. The van der Waals surface area contributed by atoms with E-state index >= 15 is 0 Å². The Kier molecular flexibility index (Phi) is 7.49. The highest BCUT2D eigenvalue weighted by atomic mass is 31.2. The second-order valence-corrected chi connectivity index (χ2v) is 10.7. The zero-order valence-electron chi connectivity index (χ0n) is 19.8. The molecule has 3 aromatic rings. The van der Waals surface area contributed by atoms with Crippen LogP contribution in [0.15, 0.2) is 78.9 Å². The van der Waals surface area contributed by atoms with E-state index in [2.05, 4.69) is 0 Å². The molecule has 0 N–H and O–H groups in total. The van der Waals surface area contributed by atoms with E-state index in [0.29, 0.717) is 11.1 Å². The molecule has 1 heterocycles. The smallest absolute Gasteiger partial charge is 0.323 e. The zero-order chi connectivity index (χ0) is 26.3. The highest BCUT2D eigenvalue weighted by Gasteiger charge is 2.48. The molecule has 4 rings (SSSR count). The van der Waals surface area contributed by atoms with Gasteiger partial charge in [0.15, 0.2) is 8.45 Å². The fraction of sp³-hybridized carbons (Fsp3) is 0.308. The molecule has 3 nitrogen and oxygen atoms in total. The van der Waals surface area contributed by atoms with E-state index in [-0.39, 0.29) is 6.10 Å². The molecule has 0 saturated carbocycles. The SMILES string of the molecule is CC(OP1N(C)[C@@H](c2cccc(C(F)(F)F)c2)[C@H](c2cccc(C(F)(F)F)c2)N1C)c1ccccc1. The predicted molar refractivity (Wildman–Crippen MR) is 127 cm³/mol. The maximum atomic E-state index is 13.5. The Labute approximate surface area is 207 Å². The number of benzene rings is 3. The van der Waals surface area contributed by atoms with Crippen molar-refractivity contribution in [1.82, 2.24) is 9.34 Å². The average Bonchev–Trinajstić information content (AvgIpc) is 3.08. The summed E-state index contributed by atoms with van der Waals surface area (Å²) < 4.78 is 91.0. The van der Waals surface area contributed by atoms with Gasteiger partial charge >= 0.3 is 12.4 Å². The van der Waals surface area contributed by atoms with Crippen LogP contribution in [0.25, 0.3) is 0 Å². The first-order chi connectivity index (χ1) is 16.9. The monoisotopic (exact) mass is 526 g/mol. The van der Waals surface area contributed by atoms with Crippen LogP contribution in [-0.2, 0) is 16.9 Å². The van der Waals surface area contributed by atoms with Crippen molar-refractivity contribution in [2.45, 2.75) is 37.5 Å². The minimum absolute atomic E-state index is 0.343. The van der Waals surface area contributed by atoms with Crippen LogP contribution in [0, 0.1) is 0 Å². The normalized spacial score (nSPS) is 21.1. The van der Waals surface area contributed by atoms with E-state index in [1.807, 2.05) is 46.6 Å². The van der Waals surface area contributed by atoms with Crippen molar-refractivity contribution in [1.29, 1.82) is 0 Å². The minimum Gasteiger partial charge on any atom is -0.323 e. The van der Waals surface area contributed by atoms with Gasteiger partial charge < -0.3 is 4.52 Å². The van der Waals surface area contributed by atoms with Gasteiger partial charge in [-0.3, -0.25) is 0 Å². The van der Waals surface area contributed by atoms with Crippen molar-refractivity contribution in [2.24, 2.45) is 0 Å². The summed E-state index contributed by atoms with van der Waals surface area (Å²) in [6.45, 7) is 1.87. The van der Waals surface area contributed by atoms with Crippen LogP contribution < -0.4 is 0 Å². The van der Waals surface area contributed by atoms with Gasteiger partial charge in [0.1, 0.15) is 0 Å². The molecule has 192 valence electrons. The minimum atomic E-state index is -4.55. The first kappa shape index (κ1) is 26.6. The summed E-state index contributed by atoms with van der Waals surface area (Å²) >= 11 is 0. The van der Waals surface area contributed by atoms with Gasteiger partial charge in [0, 0.05) is 0 Å². The Hall–Kier alpha value is -2.45. The number of hydrogen-bond acceptors (Lipinski definition) is 3. The molecule has 0 amide bonds. The molecule has 1 fully saturated rings. The number of alkyl halides is 6. The fourth-order valence-corrected chi connectivity index (χ4v) is 6.61. The highest BCUT2D eigenvalue weighted by Crippen LogP contribution is 2.64. The van der Waals surface area contributed by atoms with Gasteiger partial charge in [0.05, 0.1) is 29.3 Å². The van der Waals surface area contributed by atoms with E-state index < -0.39 is 44.0 Å². The van der Waals surface area contributed by atoms with Crippen LogP contribution >= 0.6 is 8.45 Å². The van der Waals surface area contributed by atoms with Crippen molar-refractivity contribution in [3.8, 4) is 0 Å². The van der Waals surface area contributed by atoms with Gasteiger partial charge in [-0.25, -0.2) is 9.34 Å². The second kappa shape index (κ2) is 10.1. The van der Waals surface area contributed by atoms with Crippen LogP contribution in [0.4, 0.5) is 26.3 Å². The van der Waals surface area contributed by atoms with E-state index in [1.165, 1.54) is 12.1 Å². The molecule has 1 saturated heterocycles. The highest BCUT2D eigenvalue weighted by molar-refractivity contribution is 7.47. The summed E-state index contributed by atoms with van der Waals surface area (Å²) in [4.78, 5) is 0. The first-order valence-corrected chi connectivity index (χ1v) is 12.4.